The number of rotatable bonds is 3. The smallest absolute Gasteiger partial charge is 0.241 e. The molecule has 1 fully saturated rings. The highest BCUT2D eigenvalue weighted by molar-refractivity contribution is 5.90. The Morgan fingerprint density at radius 3 is 3.06 bits per heavy atom. The van der Waals surface area contributed by atoms with Crippen LogP contribution in [0.4, 0.5) is 0 Å². The van der Waals surface area contributed by atoms with Crippen LogP contribution in [-0.2, 0) is 4.79 Å². The predicted octanol–water partition coefficient (Wildman–Crippen LogP) is 2.32. The zero-order valence-electron chi connectivity index (χ0n) is 10.5. The SMILES string of the molecule is CCCC1CC(=O)N(n2cnc3ccccc32)C1. The molecule has 0 saturated carbocycles. The van der Waals surface area contributed by atoms with Crippen LogP contribution >= 0.6 is 0 Å². The minimum Gasteiger partial charge on any atom is -0.273 e. The summed E-state index contributed by atoms with van der Waals surface area (Å²) in [5.41, 5.74) is 1.94. The van der Waals surface area contributed by atoms with Gasteiger partial charge in [-0.1, -0.05) is 25.5 Å². The van der Waals surface area contributed by atoms with Gasteiger partial charge < -0.3 is 0 Å². The first-order valence-corrected chi connectivity index (χ1v) is 6.52. The molecule has 1 aromatic heterocycles. The van der Waals surface area contributed by atoms with Crippen LogP contribution in [0.3, 0.4) is 0 Å². The van der Waals surface area contributed by atoms with Crippen molar-refractivity contribution in [2.75, 3.05) is 11.6 Å². The number of benzene rings is 1. The summed E-state index contributed by atoms with van der Waals surface area (Å²) >= 11 is 0. The summed E-state index contributed by atoms with van der Waals surface area (Å²) in [7, 11) is 0. The summed E-state index contributed by atoms with van der Waals surface area (Å²) in [6.45, 7) is 2.98. The lowest BCUT2D eigenvalue weighted by Crippen LogP contribution is -2.35. The highest BCUT2D eigenvalue weighted by Crippen LogP contribution is 2.23. The van der Waals surface area contributed by atoms with Gasteiger partial charge in [-0.15, -0.1) is 0 Å². The number of hydrogen-bond acceptors (Lipinski definition) is 2. The van der Waals surface area contributed by atoms with Crippen molar-refractivity contribution >= 4 is 16.9 Å². The van der Waals surface area contributed by atoms with Crippen molar-refractivity contribution < 1.29 is 4.79 Å². The first kappa shape index (κ1) is 11.3. The van der Waals surface area contributed by atoms with Gasteiger partial charge in [0.1, 0.15) is 6.33 Å². The van der Waals surface area contributed by atoms with Crippen molar-refractivity contribution in [2.24, 2.45) is 5.92 Å². The molecule has 0 aliphatic carbocycles. The largest absolute Gasteiger partial charge is 0.273 e. The molecule has 1 aromatic carbocycles. The summed E-state index contributed by atoms with van der Waals surface area (Å²) in [5, 5.41) is 1.83. The first-order chi connectivity index (χ1) is 8.79. The fourth-order valence-electron chi connectivity index (χ4n) is 2.71. The van der Waals surface area contributed by atoms with Gasteiger partial charge in [0.15, 0.2) is 0 Å². The van der Waals surface area contributed by atoms with E-state index < -0.39 is 0 Å². The van der Waals surface area contributed by atoms with Crippen LogP contribution in [0.2, 0.25) is 0 Å². The van der Waals surface area contributed by atoms with E-state index >= 15 is 0 Å². The molecule has 1 aliphatic rings. The molecule has 1 saturated heterocycles. The zero-order chi connectivity index (χ0) is 12.5. The first-order valence-electron chi connectivity index (χ1n) is 6.52. The molecule has 0 radical (unpaired) electrons. The molecule has 3 rings (SSSR count). The van der Waals surface area contributed by atoms with E-state index in [1.165, 1.54) is 0 Å². The van der Waals surface area contributed by atoms with E-state index in [1.54, 1.807) is 6.33 Å². The van der Waals surface area contributed by atoms with Crippen LogP contribution in [0.1, 0.15) is 26.2 Å². The second-order valence-corrected chi connectivity index (χ2v) is 4.91. The molecular formula is C14H17N3O. The highest BCUT2D eigenvalue weighted by atomic mass is 16.2. The number of imidazole rings is 1. The number of aromatic nitrogens is 2. The Bertz CT molecular complexity index is 575. The Labute approximate surface area is 106 Å². The Morgan fingerprint density at radius 1 is 1.39 bits per heavy atom. The van der Waals surface area contributed by atoms with Crippen molar-refractivity contribution in [3.8, 4) is 0 Å². The number of fused-ring (bicyclic) bond motifs is 1. The van der Waals surface area contributed by atoms with Gasteiger partial charge in [-0.05, 0) is 24.5 Å². The van der Waals surface area contributed by atoms with E-state index in [9.17, 15) is 4.79 Å². The van der Waals surface area contributed by atoms with Gasteiger partial charge in [-0.3, -0.25) is 4.79 Å². The molecule has 0 N–H and O–H groups in total. The van der Waals surface area contributed by atoms with Gasteiger partial charge in [-0.25, -0.2) is 14.7 Å². The second kappa shape index (κ2) is 4.44. The third-order valence-corrected chi connectivity index (χ3v) is 3.57. The van der Waals surface area contributed by atoms with E-state index in [1.807, 2.05) is 34.0 Å². The summed E-state index contributed by atoms with van der Waals surface area (Å²) in [5.74, 6) is 0.695. The standard InChI is InChI=1S/C14H17N3O/c1-2-5-11-8-14(18)16(9-11)17-10-15-12-6-3-4-7-13(12)17/h3-4,6-7,10-11H,2,5,8-9H2,1H3. The van der Waals surface area contributed by atoms with Crippen LogP contribution in [-0.4, -0.2) is 22.1 Å². The highest BCUT2D eigenvalue weighted by Gasteiger charge is 2.30. The minimum atomic E-state index is 0.205. The number of carbonyl (C=O) groups is 1. The monoisotopic (exact) mass is 243 g/mol. The molecule has 94 valence electrons. The molecule has 4 heteroatoms. The topological polar surface area (TPSA) is 38.1 Å². The molecular weight excluding hydrogens is 226 g/mol. The van der Waals surface area contributed by atoms with E-state index in [4.69, 9.17) is 0 Å². The van der Waals surface area contributed by atoms with Gasteiger partial charge in [-0.2, -0.15) is 0 Å². The molecule has 2 aromatic rings. The molecule has 18 heavy (non-hydrogen) atoms. The van der Waals surface area contributed by atoms with Crippen molar-refractivity contribution in [3.63, 3.8) is 0 Å². The average Bonchev–Trinajstić information content (AvgIpc) is 2.93. The van der Waals surface area contributed by atoms with E-state index in [0.717, 1.165) is 30.4 Å². The van der Waals surface area contributed by atoms with Crippen LogP contribution in [0.25, 0.3) is 11.0 Å². The third-order valence-electron chi connectivity index (χ3n) is 3.57. The number of nitrogens with zero attached hydrogens (tertiary/aromatic N) is 3. The number of carbonyl (C=O) groups excluding carboxylic acids is 1. The van der Waals surface area contributed by atoms with Crippen LogP contribution in [0.5, 0.6) is 0 Å². The van der Waals surface area contributed by atoms with Crippen molar-refractivity contribution in [1.82, 2.24) is 9.66 Å². The zero-order valence-corrected chi connectivity index (χ0v) is 10.5. The second-order valence-electron chi connectivity index (χ2n) is 4.91. The maximum atomic E-state index is 12.1. The number of para-hydroxylation sites is 2. The van der Waals surface area contributed by atoms with Crippen LogP contribution in [0.15, 0.2) is 30.6 Å². The molecule has 1 unspecified atom stereocenters. The van der Waals surface area contributed by atoms with Gasteiger partial charge in [0.2, 0.25) is 5.91 Å². The predicted molar refractivity (Wildman–Crippen MR) is 70.8 cm³/mol. The Kier molecular flexibility index (Phi) is 2.78. The molecule has 1 aliphatic heterocycles. The van der Waals surface area contributed by atoms with Crippen molar-refractivity contribution in [1.29, 1.82) is 0 Å². The summed E-state index contributed by atoms with van der Waals surface area (Å²) < 4.78 is 1.90. The number of hydrogen-bond donors (Lipinski definition) is 0. The summed E-state index contributed by atoms with van der Waals surface area (Å²) in [6, 6.07) is 7.91. The van der Waals surface area contributed by atoms with Crippen molar-refractivity contribution in [2.45, 2.75) is 26.2 Å². The maximum Gasteiger partial charge on any atom is 0.241 e. The molecule has 1 atom stereocenters. The Hall–Kier alpha value is -1.84. The lowest BCUT2D eigenvalue weighted by atomic mass is 10.0. The normalized spacial score (nSPS) is 19.9. The molecule has 1 amide bonds. The Balaban J connectivity index is 1.93. The quantitative estimate of drug-likeness (QED) is 0.829. The molecule has 4 nitrogen and oxygen atoms in total. The van der Waals surface area contributed by atoms with Gasteiger partial charge >= 0.3 is 0 Å². The van der Waals surface area contributed by atoms with Crippen LogP contribution < -0.4 is 5.01 Å². The fraction of sp³-hybridized carbons (Fsp3) is 0.429. The van der Waals surface area contributed by atoms with E-state index in [-0.39, 0.29) is 5.91 Å². The number of amides is 1. The third kappa shape index (κ3) is 1.78. The van der Waals surface area contributed by atoms with Crippen LogP contribution in [0, 0.1) is 5.92 Å². The van der Waals surface area contributed by atoms with Crippen molar-refractivity contribution in [3.05, 3.63) is 30.6 Å². The lowest BCUT2D eigenvalue weighted by molar-refractivity contribution is -0.118. The van der Waals surface area contributed by atoms with Gasteiger partial charge in [0, 0.05) is 13.0 Å². The summed E-state index contributed by atoms with van der Waals surface area (Å²) in [6.07, 6.45) is 4.67. The Morgan fingerprint density at radius 2 is 2.22 bits per heavy atom. The fourth-order valence-corrected chi connectivity index (χ4v) is 2.71. The summed E-state index contributed by atoms with van der Waals surface area (Å²) in [4.78, 5) is 16.4. The average molecular weight is 243 g/mol. The molecule has 2 heterocycles. The van der Waals surface area contributed by atoms with E-state index in [2.05, 4.69) is 11.9 Å². The molecule has 0 bridgehead atoms. The minimum absolute atomic E-state index is 0.205. The van der Waals surface area contributed by atoms with Gasteiger partial charge in [0.05, 0.1) is 11.0 Å². The lowest BCUT2D eigenvalue weighted by Gasteiger charge is -2.18. The van der Waals surface area contributed by atoms with Gasteiger partial charge in [0.25, 0.3) is 0 Å². The van der Waals surface area contributed by atoms with E-state index in [0.29, 0.717) is 12.3 Å². The molecule has 0 spiro atoms. The maximum absolute atomic E-state index is 12.1.